The van der Waals surface area contributed by atoms with E-state index in [9.17, 15) is 4.79 Å². The third-order valence-corrected chi connectivity index (χ3v) is 2.82. The second-order valence-electron chi connectivity index (χ2n) is 4.48. The number of para-hydroxylation sites is 1. The Bertz CT molecular complexity index is 532. The maximum Gasteiger partial charge on any atom is 0.315 e. The Labute approximate surface area is 124 Å². The van der Waals surface area contributed by atoms with E-state index in [1.807, 2.05) is 42.5 Å². The van der Waals surface area contributed by atoms with Gasteiger partial charge in [-0.05, 0) is 36.2 Å². The van der Waals surface area contributed by atoms with Crippen LogP contribution in [0.15, 0.2) is 54.9 Å². The Balaban J connectivity index is 1.53. The first-order chi connectivity index (χ1) is 10.3. The molecule has 110 valence electrons. The number of carbonyl (C=O) groups excluding carboxylic acids is 1. The first-order valence-corrected chi connectivity index (χ1v) is 6.93. The second kappa shape index (κ2) is 8.58. The van der Waals surface area contributed by atoms with Crippen molar-refractivity contribution in [2.24, 2.45) is 0 Å². The topological polar surface area (TPSA) is 63.2 Å². The van der Waals surface area contributed by atoms with Gasteiger partial charge >= 0.3 is 6.03 Å². The van der Waals surface area contributed by atoms with E-state index >= 15 is 0 Å². The molecule has 2 rings (SSSR count). The minimum Gasteiger partial charge on any atom is -0.494 e. The third-order valence-electron chi connectivity index (χ3n) is 2.82. The Morgan fingerprint density at radius 2 is 1.81 bits per heavy atom. The van der Waals surface area contributed by atoms with Gasteiger partial charge in [-0.25, -0.2) is 4.79 Å². The summed E-state index contributed by atoms with van der Waals surface area (Å²) in [4.78, 5) is 15.5. The van der Waals surface area contributed by atoms with Crippen LogP contribution in [-0.2, 0) is 6.54 Å². The molecule has 2 amide bonds. The first-order valence-electron chi connectivity index (χ1n) is 6.93. The highest BCUT2D eigenvalue weighted by Crippen LogP contribution is 2.07. The minimum atomic E-state index is -0.175. The minimum absolute atomic E-state index is 0.175. The Morgan fingerprint density at radius 3 is 2.57 bits per heavy atom. The third kappa shape index (κ3) is 5.95. The molecular weight excluding hydrogens is 266 g/mol. The summed E-state index contributed by atoms with van der Waals surface area (Å²) in [6.07, 6.45) is 4.17. The molecule has 1 aromatic heterocycles. The van der Waals surface area contributed by atoms with E-state index in [2.05, 4.69) is 15.6 Å². The van der Waals surface area contributed by atoms with E-state index in [4.69, 9.17) is 4.74 Å². The number of carbonyl (C=O) groups is 1. The number of hydrogen-bond acceptors (Lipinski definition) is 3. The molecule has 0 radical (unpaired) electrons. The van der Waals surface area contributed by atoms with Crippen LogP contribution < -0.4 is 15.4 Å². The molecule has 0 atom stereocenters. The van der Waals surface area contributed by atoms with Crippen LogP contribution in [0.25, 0.3) is 0 Å². The van der Waals surface area contributed by atoms with Crippen molar-refractivity contribution in [3.8, 4) is 5.75 Å². The van der Waals surface area contributed by atoms with Crippen molar-refractivity contribution in [2.45, 2.75) is 13.0 Å². The van der Waals surface area contributed by atoms with Crippen LogP contribution >= 0.6 is 0 Å². The lowest BCUT2D eigenvalue weighted by Gasteiger charge is -2.08. The summed E-state index contributed by atoms with van der Waals surface area (Å²) >= 11 is 0. The van der Waals surface area contributed by atoms with E-state index in [1.54, 1.807) is 12.4 Å². The molecule has 1 aromatic carbocycles. The van der Waals surface area contributed by atoms with E-state index < -0.39 is 0 Å². The van der Waals surface area contributed by atoms with Crippen LogP contribution in [0.4, 0.5) is 4.79 Å². The second-order valence-corrected chi connectivity index (χ2v) is 4.48. The Morgan fingerprint density at radius 1 is 1.05 bits per heavy atom. The fourth-order valence-corrected chi connectivity index (χ4v) is 1.73. The van der Waals surface area contributed by atoms with Gasteiger partial charge in [0, 0.05) is 25.5 Å². The zero-order valence-corrected chi connectivity index (χ0v) is 11.8. The highest BCUT2D eigenvalue weighted by molar-refractivity contribution is 5.73. The van der Waals surface area contributed by atoms with Crippen LogP contribution in [0, 0.1) is 0 Å². The normalized spacial score (nSPS) is 9.90. The molecule has 0 aliphatic heterocycles. The largest absolute Gasteiger partial charge is 0.494 e. The van der Waals surface area contributed by atoms with Gasteiger partial charge in [-0.15, -0.1) is 0 Å². The maximum absolute atomic E-state index is 11.6. The number of pyridine rings is 1. The zero-order chi connectivity index (χ0) is 14.8. The molecule has 0 aliphatic carbocycles. The number of amides is 2. The van der Waals surface area contributed by atoms with Crippen molar-refractivity contribution in [1.82, 2.24) is 15.6 Å². The zero-order valence-electron chi connectivity index (χ0n) is 11.8. The van der Waals surface area contributed by atoms with Crippen molar-refractivity contribution >= 4 is 6.03 Å². The monoisotopic (exact) mass is 285 g/mol. The number of nitrogens with one attached hydrogen (secondary N) is 2. The molecule has 5 heteroatoms. The fraction of sp³-hybridized carbons (Fsp3) is 0.250. The Hall–Kier alpha value is -2.56. The quantitative estimate of drug-likeness (QED) is 0.768. The molecule has 2 N–H and O–H groups in total. The van der Waals surface area contributed by atoms with E-state index in [-0.39, 0.29) is 6.03 Å². The summed E-state index contributed by atoms with van der Waals surface area (Å²) in [6, 6.07) is 13.2. The van der Waals surface area contributed by atoms with Gasteiger partial charge in [0.15, 0.2) is 0 Å². The molecule has 5 nitrogen and oxygen atoms in total. The van der Waals surface area contributed by atoms with Gasteiger partial charge in [-0.1, -0.05) is 18.2 Å². The van der Waals surface area contributed by atoms with Crippen LogP contribution in [0.5, 0.6) is 5.75 Å². The molecule has 0 unspecified atom stereocenters. The summed E-state index contributed by atoms with van der Waals surface area (Å²) in [7, 11) is 0. The lowest BCUT2D eigenvalue weighted by molar-refractivity contribution is 0.238. The number of hydrogen-bond donors (Lipinski definition) is 2. The van der Waals surface area contributed by atoms with E-state index in [1.165, 1.54) is 0 Å². The fourth-order valence-electron chi connectivity index (χ4n) is 1.73. The summed E-state index contributed by atoms with van der Waals surface area (Å²) < 4.78 is 5.54. The van der Waals surface area contributed by atoms with Crippen molar-refractivity contribution in [1.29, 1.82) is 0 Å². The molecule has 21 heavy (non-hydrogen) atoms. The predicted molar refractivity (Wildman–Crippen MR) is 81.0 cm³/mol. The molecule has 0 saturated carbocycles. The first kappa shape index (κ1) is 14.8. The number of benzene rings is 1. The number of ether oxygens (including phenoxy) is 1. The summed E-state index contributed by atoms with van der Waals surface area (Å²) in [5.41, 5.74) is 1.02. The molecular formula is C16H19N3O2. The average molecular weight is 285 g/mol. The van der Waals surface area contributed by atoms with Crippen LogP contribution in [0.1, 0.15) is 12.0 Å². The van der Waals surface area contributed by atoms with Gasteiger partial charge in [-0.3, -0.25) is 4.98 Å². The van der Waals surface area contributed by atoms with E-state index in [0.29, 0.717) is 19.7 Å². The number of aromatic nitrogens is 1. The molecule has 2 aromatic rings. The van der Waals surface area contributed by atoms with Gasteiger partial charge < -0.3 is 15.4 Å². The smallest absolute Gasteiger partial charge is 0.315 e. The molecule has 0 fully saturated rings. The standard InChI is InChI=1S/C16H19N3O2/c20-16(19-13-14-7-10-17-11-8-14)18-9-4-12-21-15-5-2-1-3-6-15/h1-3,5-8,10-11H,4,9,12-13H2,(H2,18,19,20). The lowest BCUT2D eigenvalue weighted by atomic mass is 10.3. The van der Waals surface area contributed by atoms with Crippen molar-refractivity contribution in [3.63, 3.8) is 0 Å². The SMILES string of the molecule is O=C(NCCCOc1ccccc1)NCc1ccncc1. The summed E-state index contributed by atoms with van der Waals surface area (Å²) in [5, 5.41) is 5.58. The number of rotatable bonds is 7. The molecule has 1 heterocycles. The van der Waals surface area contributed by atoms with Gasteiger partial charge in [0.1, 0.15) is 5.75 Å². The summed E-state index contributed by atoms with van der Waals surface area (Å²) in [6.45, 7) is 1.65. The number of urea groups is 1. The lowest BCUT2D eigenvalue weighted by Crippen LogP contribution is -2.36. The van der Waals surface area contributed by atoms with Crippen LogP contribution in [0.2, 0.25) is 0 Å². The van der Waals surface area contributed by atoms with Crippen molar-refractivity contribution < 1.29 is 9.53 Å². The average Bonchev–Trinajstić information content (AvgIpc) is 2.54. The van der Waals surface area contributed by atoms with Crippen LogP contribution in [0.3, 0.4) is 0 Å². The van der Waals surface area contributed by atoms with Gasteiger partial charge in [0.05, 0.1) is 6.61 Å². The molecule has 0 spiro atoms. The summed E-state index contributed by atoms with van der Waals surface area (Å²) in [5.74, 6) is 0.847. The Kier molecular flexibility index (Phi) is 6.06. The van der Waals surface area contributed by atoms with Gasteiger partial charge in [0.2, 0.25) is 0 Å². The molecule has 0 bridgehead atoms. The van der Waals surface area contributed by atoms with Gasteiger partial charge in [-0.2, -0.15) is 0 Å². The van der Waals surface area contributed by atoms with E-state index in [0.717, 1.165) is 17.7 Å². The van der Waals surface area contributed by atoms with Crippen LogP contribution in [-0.4, -0.2) is 24.2 Å². The maximum atomic E-state index is 11.6. The van der Waals surface area contributed by atoms with Gasteiger partial charge in [0.25, 0.3) is 0 Å². The predicted octanol–water partition coefficient (Wildman–Crippen LogP) is 2.35. The highest BCUT2D eigenvalue weighted by atomic mass is 16.5. The number of nitrogens with zero attached hydrogens (tertiary/aromatic N) is 1. The van der Waals surface area contributed by atoms with Crippen molar-refractivity contribution in [2.75, 3.05) is 13.2 Å². The molecule has 0 aliphatic rings. The van der Waals surface area contributed by atoms with Crippen molar-refractivity contribution in [3.05, 3.63) is 60.4 Å². The molecule has 0 saturated heterocycles. The highest BCUT2D eigenvalue weighted by Gasteiger charge is 1.99.